The van der Waals surface area contributed by atoms with Crippen molar-refractivity contribution in [2.45, 2.75) is 297 Å². The second kappa shape index (κ2) is 27.6. The molecule has 30 nitrogen and oxygen atoms in total. The molecular formula is C64H102O30. The molecule has 30 heteroatoms. The van der Waals surface area contributed by atoms with Crippen LogP contribution >= 0.6 is 0 Å². The highest BCUT2D eigenvalue weighted by atomic mass is 16.8. The predicted molar refractivity (Wildman–Crippen MR) is 315 cm³/mol. The summed E-state index contributed by atoms with van der Waals surface area (Å²) in [6, 6.07) is 0. The lowest BCUT2D eigenvalue weighted by molar-refractivity contribution is -0.396. The van der Waals surface area contributed by atoms with Crippen molar-refractivity contribution in [3.63, 3.8) is 0 Å². The normalized spacial score (nSPS) is 54.5. The van der Waals surface area contributed by atoms with Crippen LogP contribution in [-0.4, -0.2) is 303 Å². The highest BCUT2D eigenvalue weighted by molar-refractivity contribution is 5.79. The molecule has 6 aliphatic heterocycles. The van der Waals surface area contributed by atoms with Crippen molar-refractivity contribution in [1.29, 1.82) is 0 Å². The van der Waals surface area contributed by atoms with Crippen molar-refractivity contribution >= 4 is 5.97 Å². The van der Waals surface area contributed by atoms with Gasteiger partial charge in [-0.25, -0.2) is 0 Å². The zero-order valence-corrected chi connectivity index (χ0v) is 54.1. The number of carbonyl (C=O) groups is 1. The molecule has 0 aromatic heterocycles. The second-order valence-corrected chi connectivity index (χ2v) is 30.0. The summed E-state index contributed by atoms with van der Waals surface area (Å²) in [5.41, 5.74) is -0.695. The van der Waals surface area contributed by atoms with E-state index in [9.17, 15) is 86.8 Å². The van der Waals surface area contributed by atoms with Crippen LogP contribution in [0.15, 0.2) is 23.8 Å². The number of rotatable bonds is 15. The smallest absolute Gasteiger partial charge is 0.315 e. The van der Waals surface area contributed by atoms with Crippen molar-refractivity contribution in [3.05, 3.63) is 23.8 Å². The number of fused-ring (bicyclic) bond motifs is 7. The lowest BCUT2D eigenvalue weighted by Gasteiger charge is -2.71. The molecule has 10 fully saturated rings. The van der Waals surface area contributed by atoms with E-state index in [1.54, 1.807) is 0 Å². The fourth-order valence-corrected chi connectivity index (χ4v) is 18.6. The third kappa shape index (κ3) is 12.4. The third-order valence-corrected chi connectivity index (χ3v) is 24.6. The predicted octanol–water partition coefficient (Wildman–Crippen LogP) is -4.16. The molecule has 17 N–H and O–H groups in total. The molecule has 0 aromatic rings. The van der Waals surface area contributed by atoms with E-state index < -0.39 is 233 Å². The summed E-state index contributed by atoms with van der Waals surface area (Å²) in [6.45, 7) is 16.0. The first-order chi connectivity index (χ1) is 44.2. The molecule has 0 unspecified atom stereocenters. The van der Waals surface area contributed by atoms with Gasteiger partial charge in [-0.1, -0.05) is 58.4 Å². The SMILES string of the molecule is C=C1CC[C@]2(C(=O)O[C@H]3O[C@@H](CO[C@@H]4O[C@H](CO)[C@@H](O)[C@H](O)[C@H]4O)[C@H](O)[C@@H](O)[C@@H]3O)CC[C@]3(C)C(=CC[C@@H]4[C@@]5(C)CC[C@H](O[C@@H]6OC[C@H](O)[C@H](O[C@@H]7O[C@H](CO)[C@@H](O)[C@H](O)[C@H]7O)[C@H]6O[C@@H]6O[C@@H](C)[C@H](O)[C@@H](O[C@@H]7O[C@@H](C)[C@H](O)[C@@H](O)[C@H]7O)[C@H]6O)C(C)(C)[C@@H]5CC[C@]43C)[C@@H]2C1. The van der Waals surface area contributed by atoms with Crippen LogP contribution in [0.4, 0.5) is 0 Å². The first kappa shape index (κ1) is 73.1. The molecule has 6 saturated heterocycles. The minimum atomic E-state index is -1.92. The number of hydrogen-bond donors (Lipinski definition) is 17. The lowest BCUT2D eigenvalue weighted by atomic mass is 9.34. The van der Waals surface area contributed by atoms with Gasteiger partial charge in [0.1, 0.15) is 128 Å². The summed E-state index contributed by atoms with van der Waals surface area (Å²) in [5, 5.41) is 184. The lowest BCUT2D eigenvalue weighted by Crippen LogP contribution is -2.67. The van der Waals surface area contributed by atoms with E-state index in [0.717, 1.165) is 24.0 Å². The van der Waals surface area contributed by atoms with Gasteiger partial charge in [-0.05, 0) is 112 Å². The Morgan fingerprint density at radius 3 is 1.70 bits per heavy atom. The van der Waals surface area contributed by atoms with Crippen molar-refractivity contribution < 1.29 is 148 Å². The fraction of sp³-hybridized carbons (Fsp3) is 0.922. The van der Waals surface area contributed by atoms with Crippen LogP contribution in [-0.2, 0) is 61.6 Å². The molecule has 37 atom stereocenters. The molecule has 4 saturated carbocycles. The Morgan fingerprint density at radius 1 is 0.532 bits per heavy atom. The Morgan fingerprint density at radius 2 is 1.06 bits per heavy atom. The standard InChI is InChI=1S/C64H102O30/c1-24-11-16-64(59(82)94-56-48(80)44(76)40(72)32(89-56)23-84-53-45(77)42(74)38(70)30(20-65)87-53)18-17-62(7)27(28(64)19-24)9-10-34-61(6)14-13-35(60(4,5)33(61)12-15-63(34,62)8)90-58-52(50(29(67)22-83-58)91-55-47(79)43(75)39(71)31(21-66)88-55)93-57-49(81)51(37(69)26(3)86-57)92-54-46(78)41(73)36(68)25(2)85-54/h9,25-26,28-58,65-81H,1,10-23H2,2-8H3/t25-,26-,28-,29-,30+,31+,32-,33-,34+,35-,36-,37-,38+,39+,40-,41+,42-,43-,44+,45+,46+,47+,48-,49+,50-,51+,52+,53+,54-,55-,56+,57-,58-,61-,62+,63+,64-/m0/s1. The fourth-order valence-electron chi connectivity index (χ4n) is 18.6. The number of carbonyl (C=O) groups excluding carboxylic acids is 1. The van der Waals surface area contributed by atoms with Crippen LogP contribution in [0, 0.1) is 44.8 Å². The van der Waals surface area contributed by atoms with Crippen molar-refractivity contribution in [2.75, 3.05) is 26.4 Å². The Bertz CT molecular complexity index is 2670. The zero-order chi connectivity index (χ0) is 68.4. The van der Waals surface area contributed by atoms with Crippen molar-refractivity contribution in [1.82, 2.24) is 0 Å². The van der Waals surface area contributed by atoms with Crippen LogP contribution < -0.4 is 0 Å². The van der Waals surface area contributed by atoms with Crippen LogP contribution in [0.1, 0.15) is 113 Å². The first-order valence-electron chi connectivity index (χ1n) is 33.3. The average molecular weight is 1350 g/mol. The molecule has 0 bridgehead atoms. The van der Waals surface area contributed by atoms with Gasteiger partial charge >= 0.3 is 5.97 Å². The van der Waals surface area contributed by atoms with Gasteiger partial charge in [-0.2, -0.15) is 0 Å². The second-order valence-electron chi connectivity index (χ2n) is 30.0. The van der Waals surface area contributed by atoms with E-state index in [4.69, 9.17) is 56.8 Å². The number of esters is 1. The molecule has 0 aromatic carbocycles. The number of hydrogen-bond acceptors (Lipinski definition) is 30. The largest absolute Gasteiger partial charge is 0.432 e. The van der Waals surface area contributed by atoms with E-state index in [0.29, 0.717) is 51.4 Å². The average Bonchev–Trinajstić information content (AvgIpc) is 0.677. The quantitative estimate of drug-likeness (QED) is 0.0420. The summed E-state index contributed by atoms with van der Waals surface area (Å²) >= 11 is 0. The maximum atomic E-state index is 15.1. The Kier molecular flexibility index (Phi) is 21.5. The van der Waals surface area contributed by atoms with Gasteiger partial charge in [0.05, 0.1) is 50.2 Å². The molecule has 11 rings (SSSR count). The molecular weight excluding hydrogens is 1250 g/mol. The molecule has 0 amide bonds. The Hall–Kier alpha value is -2.17. The molecule has 94 heavy (non-hydrogen) atoms. The number of ether oxygens (including phenoxy) is 12. The van der Waals surface area contributed by atoms with Gasteiger partial charge in [0, 0.05) is 5.92 Å². The van der Waals surface area contributed by atoms with Gasteiger partial charge in [-0.3, -0.25) is 4.79 Å². The monoisotopic (exact) mass is 1350 g/mol. The van der Waals surface area contributed by atoms with Crippen molar-refractivity contribution in [3.8, 4) is 0 Å². The van der Waals surface area contributed by atoms with Crippen LogP contribution in [0.3, 0.4) is 0 Å². The number of allylic oxidation sites excluding steroid dienone is 3. The minimum absolute atomic E-state index is 0.0166. The summed E-state index contributed by atoms with van der Waals surface area (Å²) in [4.78, 5) is 15.1. The van der Waals surface area contributed by atoms with Gasteiger partial charge in [0.25, 0.3) is 0 Å². The van der Waals surface area contributed by atoms with Crippen molar-refractivity contribution in [2.24, 2.45) is 44.8 Å². The van der Waals surface area contributed by atoms with Gasteiger partial charge in [0.15, 0.2) is 31.5 Å². The first-order valence-corrected chi connectivity index (χ1v) is 33.3. The van der Waals surface area contributed by atoms with Crippen LogP contribution in [0.2, 0.25) is 0 Å². The highest BCUT2D eigenvalue weighted by Crippen LogP contribution is 2.76. The summed E-state index contributed by atoms with van der Waals surface area (Å²) in [5.74, 6) is -0.877. The van der Waals surface area contributed by atoms with E-state index in [2.05, 4.69) is 47.3 Å². The zero-order valence-electron chi connectivity index (χ0n) is 54.1. The topological polar surface area (TPSA) is 472 Å². The van der Waals surface area contributed by atoms with Gasteiger partial charge in [0.2, 0.25) is 6.29 Å². The maximum Gasteiger partial charge on any atom is 0.315 e. The Labute approximate surface area is 544 Å². The molecule has 0 radical (unpaired) electrons. The molecule has 5 aliphatic carbocycles. The number of aliphatic hydroxyl groups is 17. The van der Waals surface area contributed by atoms with E-state index in [-0.39, 0.29) is 28.6 Å². The summed E-state index contributed by atoms with van der Waals surface area (Å²) < 4.78 is 72.8. The highest BCUT2D eigenvalue weighted by Gasteiger charge is 2.70. The third-order valence-electron chi connectivity index (χ3n) is 24.6. The molecule has 538 valence electrons. The van der Waals surface area contributed by atoms with Crippen LogP contribution in [0.25, 0.3) is 0 Å². The van der Waals surface area contributed by atoms with E-state index >= 15 is 4.79 Å². The van der Waals surface area contributed by atoms with Crippen LogP contribution in [0.5, 0.6) is 0 Å². The summed E-state index contributed by atoms with van der Waals surface area (Å²) in [6.07, 6.45) is -40.1. The van der Waals surface area contributed by atoms with Gasteiger partial charge in [-0.15, -0.1) is 0 Å². The minimum Gasteiger partial charge on any atom is -0.432 e. The maximum absolute atomic E-state index is 15.1. The van der Waals surface area contributed by atoms with E-state index in [1.165, 1.54) is 13.8 Å². The Balaban J connectivity index is 0.821. The number of aliphatic hydroxyl groups excluding tert-OH is 17. The molecule has 6 heterocycles. The molecule has 0 spiro atoms. The van der Waals surface area contributed by atoms with Gasteiger partial charge < -0.3 is 144 Å². The molecule has 11 aliphatic rings. The summed E-state index contributed by atoms with van der Waals surface area (Å²) in [7, 11) is 0. The van der Waals surface area contributed by atoms with E-state index in [1.807, 2.05) is 0 Å².